The van der Waals surface area contributed by atoms with Gasteiger partial charge in [0.05, 0.1) is 5.52 Å². The fourth-order valence-corrected chi connectivity index (χ4v) is 2.03. The number of hydrogen-bond donors (Lipinski definition) is 1. The Morgan fingerprint density at radius 3 is 2.38 bits per heavy atom. The van der Waals surface area contributed by atoms with E-state index in [2.05, 4.69) is 4.98 Å². The summed E-state index contributed by atoms with van der Waals surface area (Å²) >= 11 is 0. The van der Waals surface area contributed by atoms with E-state index in [9.17, 15) is 13.2 Å². The molecule has 2 rings (SSSR count). The largest absolute Gasteiger partial charge is 0.484 e. The van der Waals surface area contributed by atoms with Crippen LogP contribution in [0.3, 0.4) is 0 Å². The van der Waals surface area contributed by atoms with Crippen molar-refractivity contribution in [1.82, 2.24) is 4.98 Å². The Morgan fingerprint density at radius 2 is 1.81 bits per heavy atom. The molecular formula is C15H17F3N2O. The molecule has 0 aliphatic rings. The Hall–Kier alpha value is -1.98. The second kappa shape index (κ2) is 5.09. The van der Waals surface area contributed by atoms with Gasteiger partial charge in [-0.15, -0.1) is 0 Å². The van der Waals surface area contributed by atoms with Crippen molar-refractivity contribution in [2.45, 2.75) is 32.4 Å². The molecule has 0 atom stereocenters. The third kappa shape index (κ3) is 3.77. The Balaban J connectivity index is 2.40. The maximum absolute atomic E-state index is 12.2. The number of halogens is 3. The molecule has 0 bridgehead atoms. The highest BCUT2D eigenvalue weighted by molar-refractivity contribution is 5.83. The highest BCUT2D eigenvalue weighted by atomic mass is 19.4. The van der Waals surface area contributed by atoms with Crippen LogP contribution in [-0.2, 0) is 5.41 Å². The lowest BCUT2D eigenvalue weighted by atomic mass is 9.86. The van der Waals surface area contributed by atoms with E-state index in [4.69, 9.17) is 10.5 Å². The normalized spacial score (nSPS) is 12.7. The standard InChI is InChI=1S/C15H17F3N2O/c1-14(2,3)11-7-9-6-10(21-8-15(16,17)18)4-5-12(9)20-13(11)19/h4-7H,8H2,1-3H3,(H2,19,20). The number of hydrogen-bond acceptors (Lipinski definition) is 3. The number of aromatic nitrogens is 1. The summed E-state index contributed by atoms with van der Waals surface area (Å²) in [6.45, 7) is 4.68. The fourth-order valence-electron chi connectivity index (χ4n) is 2.03. The van der Waals surface area contributed by atoms with Crippen molar-refractivity contribution in [2.75, 3.05) is 12.3 Å². The number of nitrogens with two attached hydrogens (primary N) is 1. The van der Waals surface area contributed by atoms with Crippen LogP contribution in [0.15, 0.2) is 24.3 Å². The molecule has 0 spiro atoms. The lowest BCUT2D eigenvalue weighted by Crippen LogP contribution is -2.19. The molecule has 114 valence electrons. The molecular weight excluding hydrogens is 281 g/mol. The van der Waals surface area contributed by atoms with E-state index in [-0.39, 0.29) is 11.2 Å². The van der Waals surface area contributed by atoms with Crippen LogP contribution in [-0.4, -0.2) is 17.8 Å². The minimum Gasteiger partial charge on any atom is -0.484 e. The van der Waals surface area contributed by atoms with Crippen molar-refractivity contribution in [1.29, 1.82) is 0 Å². The predicted octanol–water partition coefficient (Wildman–Crippen LogP) is 4.06. The van der Waals surface area contributed by atoms with Crippen LogP contribution in [0.1, 0.15) is 26.3 Å². The second-order valence-electron chi connectivity index (χ2n) is 5.93. The molecule has 1 aromatic heterocycles. The van der Waals surface area contributed by atoms with Crippen molar-refractivity contribution >= 4 is 16.7 Å². The van der Waals surface area contributed by atoms with Crippen LogP contribution in [0, 0.1) is 0 Å². The van der Waals surface area contributed by atoms with Crippen LogP contribution in [0.4, 0.5) is 19.0 Å². The van der Waals surface area contributed by atoms with Crippen LogP contribution in [0.5, 0.6) is 5.75 Å². The molecule has 1 aromatic carbocycles. The number of fused-ring (bicyclic) bond motifs is 1. The summed E-state index contributed by atoms with van der Waals surface area (Å²) in [7, 11) is 0. The van der Waals surface area contributed by atoms with Gasteiger partial charge in [0.1, 0.15) is 11.6 Å². The van der Waals surface area contributed by atoms with Gasteiger partial charge in [-0.25, -0.2) is 4.98 Å². The molecule has 0 aliphatic heterocycles. The van der Waals surface area contributed by atoms with E-state index in [1.807, 2.05) is 26.8 Å². The Labute approximate surface area is 120 Å². The molecule has 0 radical (unpaired) electrons. The van der Waals surface area contributed by atoms with Gasteiger partial charge in [0.25, 0.3) is 0 Å². The van der Waals surface area contributed by atoms with E-state index in [0.29, 0.717) is 16.7 Å². The van der Waals surface area contributed by atoms with Crippen LogP contribution >= 0.6 is 0 Å². The van der Waals surface area contributed by atoms with E-state index >= 15 is 0 Å². The first-order chi connectivity index (χ1) is 9.56. The molecule has 3 nitrogen and oxygen atoms in total. The van der Waals surface area contributed by atoms with Crippen LogP contribution in [0.25, 0.3) is 10.9 Å². The molecule has 0 unspecified atom stereocenters. The topological polar surface area (TPSA) is 48.1 Å². The molecule has 0 fully saturated rings. The number of alkyl halides is 3. The van der Waals surface area contributed by atoms with Gasteiger partial charge in [-0.2, -0.15) is 13.2 Å². The monoisotopic (exact) mass is 298 g/mol. The summed E-state index contributed by atoms with van der Waals surface area (Å²) in [5, 5.41) is 0.703. The summed E-state index contributed by atoms with van der Waals surface area (Å²) in [5.41, 5.74) is 7.21. The first-order valence-corrected chi connectivity index (χ1v) is 6.46. The molecule has 0 aliphatic carbocycles. The number of ether oxygens (including phenoxy) is 1. The number of pyridine rings is 1. The van der Waals surface area contributed by atoms with Crippen LogP contribution < -0.4 is 10.5 Å². The first kappa shape index (κ1) is 15.4. The average Bonchev–Trinajstić information content (AvgIpc) is 2.33. The Kier molecular flexibility index (Phi) is 3.74. The van der Waals surface area contributed by atoms with E-state index in [1.165, 1.54) is 6.07 Å². The maximum atomic E-state index is 12.2. The second-order valence-corrected chi connectivity index (χ2v) is 5.93. The van der Waals surface area contributed by atoms with E-state index in [0.717, 1.165) is 5.56 Å². The summed E-state index contributed by atoms with van der Waals surface area (Å²) in [6.07, 6.45) is -4.36. The van der Waals surface area contributed by atoms with Crippen molar-refractivity contribution in [3.8, 4) is 5.75 Å². The Morgan fingerprint density at radius 1 is 1.14 bits per heavy atom. The molecule has 0 amide bonds. The van der Waals surface area contributed by atoms with E-state index in [1.54, 1.807) is 12.1 Å². The van der Waals surface area contributed by atoms with Gasteiger partial charge in [-0.1, -0.05) is 20.8 Å². The Bertz CT molecular complexity index is 660. The predicted molar refractivity (Wildman–Crippen MR) is 76.4 cm³/mol. The molecule has 0 saturated carbocycles. The number of benzene rings is 1. The minimum absolute atomic E-state index is 0.159. The third-order valence-corrected chi connectivity index (χ3v) is 3.03. The molecule has 2 N–H and O–H groups in total. The number of nitrogens with zero attached hydrogens (tertiary/aromatic N) is 1. The maximum Gasteiger partial charge on any atom is 0.422 e. The molecule has 0 saturated heterocycles. The number of nitrogen functional groups attached to an aromatic ring is 1. The SMILES string of the molecule is CC(C)(C)c1cc2cc(OCC(F)(F)F)ccc2nc1N. The summed E-state index contributed by atoms with van der Waals surface area (Å²) in [5.74, 6) is 0.588. The smallest absolute Gasteiger partial charge is 0.422 e. The minimum atomic E-state index is -4.36. The summed E-state index contributed by atoms with van der Waals surface area (Å²) < 4.78 is 41.3. The number of anilines is 1. The summed E-state index contributed by atoms with van der Waals surface area (Å²) in [6, 6.07) is 6.45. The zero-order chi connectivity index (χ0) is 15.8. The zero-order valence-corrected chi connectivity index (χ0v) is 12.1. The quantitative estimate of drug-likeness (QED) is 0.909. The fraction of sp³-hybridized carbons (Fsp3) is 0.400. The third-order valence-electron chi connectivity index (χ3n) is 3.03. The van der Waals surface area contributed by atoms with Gasteiger partial charge in [-0.3, -0.25) is 0 Å². The zero-order valence-electron chi connectivity index (χ0n) is 12.1. The lowest BCUT2D eigenvalue weighted by molar-refractivity contribution is -0.153. The lowest BCUT2D eigenvalue weighted by Gasteiger charge is -2.21. The summed E-state index contributed by atoms with van der Waals surface area (Å²) in [4.78, 5) is 4.29. The van der Waals surface area contributed by atoms with Gasteiger partial charge in [0, 0.05) is 10.9 Å². The number of rotatable bonds is 2. The van der Waals surface area contributed by atoms with Crippen LogP contribution in [0.2, 0.25) is 0 Å². The van der Waals surface area contributed by atoms with Crippen molar-refractivity contribution < 1.29 is 17.9 Å². The van der Waals surface area contributed by atoms with Crippen molar-refractivity contribution in [2.24, 2.45) is 0 Å². The molecule has 2 aromatic rings. The molecule has 21 heavy (non-hydrogen) atoms. The van der Waals surface area contributed by atoms with Gasteiger partial charge in [0.2, 0.25) is 0 Å². The van der Waals surface area contributed by atoms with Crippen molar-refractivity contribution in [3.05, 3.63) is 29.8 Å². The van der Waals surface area contributed by atoms with Gasteiger partial charge < -0.3 is 10.5 Å². The highest BCUT2D eigenvalue weighted by Gasteiger charge is 2.28. The van der Waals surface area contributed by atoms with Gasteiger partial charge in [0.15, 0.2) is 6.61 Å². The van der Waals surface area contributed by atoms with Crippen molar-refractivity contribution in [3.63, 3.8) is 0 Å². The van der Waals surface area contributed by atoms with E-state index < -0.39 is 12.8 Å². The molecule has 6 heteroatoms. The average molecular weight is 298 g/mol. The van der Waals surface area contributed by atoms with Gasteiger partial charge >= 0.3 is 6.18 Å². The first-order valence-electron chi connectivity index (χ1n) is 6.46. The van der Waals surface area contributed by atoms with Gasteiger partial charge in [-0.05, 0) is 29.7 Å². The molecule has 1 heterocycles. The highest BCUT2D eigenvalue weighted by Crippen LogP contribution is 2.31.